The molecule has 2 atom stereocenters. The lowest BCUT2D eigenvalue weighted by Gasteiger charge is -2.33. The van der Waals surface area contributed by atoms with E-state index in [9.17, 15) is 9.90 Å². The Morgan fingerprint density at radius 2 is 2.16 bits per heavy atom. The minimum absolute atomic E-state index is 0.218. The molecule has 4 heterocycles. The van der Waals surface area contributed by atoms with Crippen molar-refractivity contribution < 1.29 is 14.6 Å². The molecule has 0 unspecified atom stereocenters. The van der Waals surface area contributed by atoms with Crippen LogP contribution in [0.4, 0.5) is 0 Å². The third kappa shape index (κ3) is 3.07. The maximum Gasteiger partial charge on any atom is 0.312 e. The van der Waals surface area contributed by atoms with Crippen molar-refractivity contribution in [3.8, 4) is 0 Å². The number of carboxylic acids is 1. The molecule has 1 aromatic rings. The summed E-state index contributed by atoms with van der Waals surface area (Å²) < 4.78 is 5.46. The number of aliphatic carboxylic acids is 1. The Balaban J connectivity index is 1.47. The minimum Gasteiger partial charge on any atom is -0.481 e. The Bertz CT molecular complexity index is 647. The van der Waals surface area contributed by atoms with Crippen molar-refractivity contribution in [1.29, 1.82) is 0 Å². The molecular weight excluding hydrogens is 318 g/mol. The maximum atomic E-state index is 12.2. The molecule has 0 bridgehead atoms. The number of rotatable bonds is 4. The van der Waals surface area contributed by atoms with E-state index in [2.05, 4.69) is 21.7 Å². The van der Waals surface area contributed by atoms with Crippen LogP contribution in [0.2, 0.25) is 0 Å². The molecule has 0 aliphatic carbocycles. The number of pyridine rings is 1. The van der Waals surface area contributed by atoms with E-state index >= 15 is 0 Å². The van der Waals surface area contributed by atoms with E-state index < -0.39 is 11.4 Å². The first-order valence-corrected chi connectivity index (χ1v) is 9.25. The number of carboxylic acid groups (broad SMARTS) is 1. The average molecular weight is 345 g/mol. The number of nitrogens with zero attached hydrogens (tertiary/aromatic N) is 3. The van der Waals surface area contributed by atoms with E-state index in [1.807, 2.05) is 18.5 Å². The molecule has 3 aliphatic heterocycles. The highest BCUT2D eigenvalue weighted by atomic mass is 16.5. The second-order valence-electron chi connectivity index (χ2n) is 7.90. The molecule has 0 amide bonds. The van der Waals surface area contributed by atoms with Crippen molar-refractivity contribution >= 4 is 5.97 Å². The molecule has 6 heteroatoms. The van der Waals surface area contributed by atoms with Crippen molar-refractivity contribution in [2.75, 3.05) is 39.4 Å². The summed E-state index contributed by atoms with van der Waals surface area (Å²) in [5.41, 5.74) is 1.81. The Morgan fingerprint density at radius 1 is 1.36 bits per heavy atom. The zero-order chi connectivity index (χ0) is 17.4. The first-order chi connectivity index (χ1) is 12.1. The van der Waals surface area contributed by atoms with Gasteiger partial charge in [-0.3, -0.25) is 19.6 Å². The second kappa shape index (κ2) is 6.67. The molecule has 1 aromatic heterocycles. The predicted molar refractivity (Wildman–Crippen MR) is 93.2 cm³/mol. The highest BCUT2D eigenvalue weighted by Gasteiger charge is 2.58. The maximum absolute atomic E-state index is 12.2. The summed E-state index contributed by atoms with van der Waals surface area (Å²) in [6.45, 7) is 7.60. The molecule has 6 nitrogen and oxygen atoms in total. The quantitative estimate of drug-likeness (QED) is 0.890. The number of hydrogen-bond donors (Lipinski definition) is 1. The van der Waals surface area contributed by atoms with E-state index in [1.54, 1.807) is 0 Å². The summed E-state index contributed by atoms with van der Waals surface area (Å²) in [6, 6.07) is 2.54. The van der Waals surface area contributed by atoms with E-state index in [0.717, 1.165) is 45.7 Å². The van der Waals surface area contributed by atoms with Gasteiger partial charge in [-0.05, 0) is 37.0 Å². The van der Waals surface area contributed by atoms with Gasteiger partial charge in [0.2, 0.25) is 0 Å². The molecule has 3 saturated heterocycles. The average Bonchev–Trinajstić information content (AvgIpc) is 3.13. The molecule has 25 heavy (non-hydrogen) atoms. The van der Waals surface area contributed by atoms with Crippen molar-refractivity contribution in [2.45, 2.75) is 32.4 Å². The van der Waals surface area contributed by atoms with Crippen LogP contribution in [-0.2, 0) is 16.1 Å². The van der Waals surface area contributed by atoms with Gasteiger partial charge in [-0.25, -0.2) is 0 Å². The summed E-state index contributed by atoms with van der Waals surface area (Å²) >= 11 is 0. The van der Waals surface area contributed by atoms with Gasteiger partial charge in [-0.2, -0.15) is 0 Å². The predicted octanol–water partition coefficient (Wildman–Crippen LogP) is 1.39. The topological polar surface area (TPSA) is 65.9 Å². The van der Waals surface area contributed by atoms with Crippen LogP contribution in [0.5, 0.6) is 0 Å². The van der Waals surface area contributed by atoms with Gasteiger partial charge in [0.05, 0.1) is 5.41 Å². The van der Waals surface area contributed by atoms with Crippen LogP contribution < -0.4 is 0 Å². The summed E-state index contributed by atoms with van der Waals surface area (Å²) in [7, 11) is 0. The number of hydrogen-bond acceptors (Lipinski definition) is 5. The van der Waals surface area contributed by atoms with Crippen molar-refractivity contribution in [3.63, 3.8) is 0 Å². The molecular formula is C19H27N3O3. The number of carbonyl (C=O) groups is 1. The number of fused-ring (bicyclic) bond motifs is 1. The summed E-state index contributed by atoms with van der Waals surface area (Å²) in [6.07, 6.45) is 5.76. The highest BCUT2D eigenvalue weighted by Crippen LogP contribution is 2.44. The lowest BCUT2D eigenvalue weighted by Crippen LogP contribution is -2.44. The van der Waals surface area contributed by atoms with Crippen LogP contribution >= 0.6 is 0 Å². The van der Waals surface area contributed by atoms with Gasteiger partial charge in [0.25, 0.3) is 0 Å². The van der Waals surface area contributed by atoms with Gasteiger partial charge in [-0.1, -0.05) is 0 Å². The lowest BCUT2D eigenvalue weighted by atomic mass is 9.81. The SMILES string of the molecule is Cc1cnccc1CN1C[C@H]2CN(C3CCOCC3)C[C@@]2(C(=O)O)C1. The van der Waals surface area contributed by atoms with Gasteiger partial charge in [0, 0.05) is 70.3 Å². The van der Waals surface area contributed by atoms with Crippen LogP contribution in [0.25, 0.3) is 0 Å². The monoisotopic (exact) mass is 345 g/mol. The number of ether oxygens (including phenoxy) is 1. The highest BCUT2D eigenvalue weighted by molar-refractivity contribution is 5.77. The fraction of sp³-hybridized carbons (Fsp3) is 0.684. The second-order valence-corrected chi connectivity index (χ2v) is 7.90. The molecule has 4 rings (SSSR count). The van der Waals surface area contributed by atoms with Crippen LogP contribution in [0.3, 0.4) is 0 Å². The van der Waals surface area contributed by atoms with E-state index in [-0.39, 0.29) is 5.92 Å². The van der Waals surface area contributed by atoms with Crippen LogP contribution in [0, 0.1) is 18.3 Å². The van der Waals surface area contributed by atoms with Gasteiger partial charge in [0.1, 0.15) is 0 Å². The summed E-state index contributed by atoms with van der Waals surface area (Å²) in [5, 5.41) is 10.0. The van der Waals surface area contributed by atoms with E-state index in [4.69, 9.17) is 4.74 Å². The molecule has 3 fully saturated rings. The molecule has 0 saturated carbocycles. The van der Waals surface area contributed by atoms with Crippen molar-refractivity contribution in [2.24, 2.45) is 11.3 Å². The van der Waals surface area contributed by atoms with Gasteiger partial charge >= 0.3 is 5.97 Å². The van der Waals surface area contributed by atoms with E-state index in [0.29, 0.717) is 19.1 Å². The third-order valence-corrected chi connectivity index (χ3v) is 6.37. The smallest absolute Gasteiger partial charge is 0.312 e. The fourth-order valence-electron chi connectivity index (χ4n) is 4.88. The van der Waals surface area contributed by atoms with Crippen molar-refractivity contribution in [3.05, 3.63) is 29.6 Å². The van der Waals surface area contributed by atoms with Crippen LogP contribution in [0.1, 0.15) is 24.0 Å². The molecule has 0 radical (unpaired) electrons. The zero-order valence-electron chi connectivity index (χ0n) is 14.9. The Labute approximate surface area is 148 Å². The van der Waals surface area contributed by atoms with Crippen LogP contribution in [-0.4, -0.2) is 71.3 Å². The standard InChI is InChI=1S/C19H27N3O3/c1-14-8-20-5-2-15(14)9-21-10-16-11-22(17-3-6-25-7-4-17)13-19(16,12-21)18(23)24/h2,5,8,16-17H,3-4,6-7,9-13H2,1H3,(H,23,24)/t16-,19-/m0/s1. The molecule has 3 aliphatic rings. The Hall–Kier alpha value is -1.50. The molecule has 1 N–H and O–H groups in total. The number of likely N-dealkylation sites (tertiary alicyclic amines) is 2. The zero-order valence-corrected chi connectivity index (χ0v) is 14.9. The third-order valence-electron chi connectivity index (χ3n) is 6.37. The largest absolute Gasteiger partial charge is 0.481 e. The van der Waals surface area contributed by atoms with Gasteiger partial charge in [-0.15, -0.1) is 0 Å². The lowest BCUT2D eigenvalue weighted by molar-refractivity contribution is -0.149. The normalized spacial score (nSPS) is 31.3. The summed E-state index contributed by atoms with van der Waals surface area (Å²) in [4.78, 5) is 21.1. The fourth-order valence-corrected chi connectivity index (χ4v) is 4.88. The van der Waals surface area contributed by atoms with Gasteiger partial charge < -0.3 is 9.84 Å². The molecule has 136 valence electrons. The Morgan fingerprint density at radius 3 is 2.84 bits per heavy atom. The number of aryl methyl sites for hydroxylation is 1. The van der Waals surface area contributed by atoms with Crippen molar-refractivity contribution in [1.82, 2.24) is 14.8 Å². The number of aromatic nitrogens is 1. The summed E-state index contributed by atoms with van der Waals surface area (Å²) in [5.74, 6) is -0.406. The molecule has 0 spiro atoms. The van der Waals surface area contributed by atoms with Gasteiger partial charge in [0.15, 0.2) is 0 Å². The Kier molecular flexibility index (Phi) is 4.52. The molecule has 0 aromatic carbocycles. The van der Waals surface area contributed by atoms with Crippen LogP contribution in [0.15, 0.2) is 18.5 Å². The first kappa shape index (κ1) is 16.9. The van der Waals surface area contributed by atoms with E-state index in [1.165, 1.54) is 11.1 Å². The minimum atomic E-state index is -0.624. The first-order valence-electron chi connectivity index (χ1n) is 9.25.